The molecule has 1 atom stereocenters. The SMILES string of the molecule is COc1cc(OC)cc(C2CCN(c3ccc(C#N)nn3)C2)c1. The number of benzene rings is 1. The summed E-state index contributed by atoms with van der Waals surface area (Å²) in [6.07, 6.45) is 1.03. The van der Waals surface area contributed by atoms with Crippen LogP contribution in [0.15, 0.2) is 30.3 Å². The van der Waals surface area contributed by atoms with Gasteiger partial charge in [-0.05, 0) is 36.2 Å². The van der Waals surface area contributed by atoms with Crippen LogP contribution >= 0.6 is 0 Å². The summed E-state index contributed by atoms with van der Waals surface area (Å²) in [7, 11) is 3.32. The van der Waals surface area contributed by atoms with E-state index in [4.69, 9.17) is 14.7 Å². The van der Waals surface area contributed by atoms with Crippen LogP contribution in [0.25, 0.3) is 0 Å². The third-order valence-corrected chi connectivity index (χ3v) is 4.12. The Hall–Kier alpha value is -2.81. The van der Waals surface area contributed by atoms with Crippen LogP contribution in [0.5, 0.6) is 11.5 Å². The highest BCUT2D eigenvalue weighted by molar-refractivity contribution is 5.45. The topological polar surface area (TPSA) is 71.3 Å². The molecule has 0 aliphatic carbocycles. The van der Waals surface area contributed by atoms with Crippen LogP contribution in [0.1, 0.15) is 23.6 Å². The molecule has 2 aromatic rings. The summed E-state index contributed by atoms with van der Waals surface area (Å²) in [6.45, 7) is 1.77. The van der Waals surface area contributed by atoms with E-state index in [9.17, 15) is 0 Å². The lowest BCUT2D eigenvalue weighted by atomic mass is 9.98. The molecule has 1 unspecified atom stereocenters. The van der Waals surface area contributed by atoms with Gasteiger partial charge in [0, 0.05) is 25.1 Å². The van der Waals surface area contributed by atoms with Crippen LogP contribution in [0.2, 0.25) is 0 Å². The number of nitrogens with zero attached hydrogens (tertiary/aromatic N) is 4. The summed E-state index contributed by atoms with van der Waals surface area (Å²) in [6, 6.07) is 11.5. The predicted molar refractivity (Wildman–Crippen MR) is 85.9 cm³/mol. The van der Waals surface area contributed by atoms with Gasteiger partial charge in [-0.2, -0.15) is 5.26 Å². The van der Waals surface area contributed by atoms with Crippen LogP contribution < -0.4 is 14.4 Å². The van der Waals surface area contributed by atoms with Gasteiger partial charge in [0.1, 0.15) is 17.6 Å². The van der Waals surface area contributed by atoms with Crippen molar-refractivity contribution in [1.82, 2.24) is 10.2 Å². The minimum absolute atomic E-state index is 0.335. The molecule has 0 saturated carbocycles. The van der Waals surface area contributed by atoms with Gasteiger partial charge in [-0.1, -0.05) is 0 Å². The van der Waals surface area contributed by atoms with Gasteiger partial charge in [-0.3, -0.25) is 0 Å². The molecule has 23 heavy (non-hydrogen) atoms. The molecule has 1 aromatic carbocycles. The molecule has 118 valence electrons. The lowest BCUT2D eigenvalue weighted by molar-refractivity contribution is 0.393. The highest BCUT2D eigenvalue weighted by atomic mass is 16.5. The molecule has 0 bridgehead atoms. The summed E-state index contributed by atoms with van der Waals surface area (Å²) in [4.78, 5) is 2.19. The van der Waals surface area contributed by atoms with E-state index >= 15 is 0 Å². The Morgan fingerprint density at radius 2 is 1.87 bits per heavy atom. The molecule has 0 spiro atoms. The molecule has 1 saturated heterocycles. The summed E-state index contributed by atoms with van der Waals surface area (Å²) >= 11 is 0. The van der Waals surface area contributed by atoms with Gasteiger partial charge in [0.25, 0.3) is 0 Å². The lowest BCUT2D eigenvalue weighted by Gasteiger charge is -2.17. The van der Waals surface area contributed by atoms with Crippen molar-refractivity contribution in [3.05, 3.63) is 41.6 Å². The minimum atomic E-state index is 0.335. The van der Waals surface area contributed by atoms with Crippen LogP contribution in [0, 0.1) is 11.3 Å². The Morgan fingerprint density at radius 3 is 2.43 bits per heavy atom. The third-order valence-electron chi connectivity index (χ3n) is 4.12. The van der Waals surface area contributed by atoms with E-state index in [0.29, 0.717) is 11.6 Å². The predicted octanol–water partition coefficient (Wildman–Crippen LogP) is 2.36. The molecule has 0 N–H and O–H groups in total. The zero-order valence-corrected chi connectivity index (χ0v) is 13.2. The third kappa shape index (κ3) is 3.19. The maximum Gasteiger partial charge on any atom is 0.163 e. The zero-order valence-electron chi connectivity index (χ0n) is 13.2. The first-order valence-electron chi connectivity index (χ1n) is 7.45. The van der Waals surface area contributed by atoms with Crippen molar-refractivity contribution in [1.29, 1.82) is 5.26 Å². The van der Waals surface area contributed by atoms with Crippen molar-refractivity contribution < 1.29 is 9.47 Å². The van der Waals surface area contributed by atoms with Crippen molar-refractivity contribution in [2.75, 3.05) is 32.2 Å². The molecule has 6 nitrogen and oxygen atoms in total. The number of rotatable bonds is 4. The fraction of sp³-hybridized carbons (Fsp3) is 0.353. The first kappa shape index (κ1) is 15.1. The molecule has 3 rings (SSSR count). The largest absolute Gasteiger partial charge is 0.497 e. The summed E-state index contributed by atoms with van der Waals surface area (Å²) < 4.78 is 10.7. The first-order chi connectivity index (χ1) is 11.2. The van der Waals surface area contributed by atoms with Gasteiger partial charge >= 0.3 is 0 Å². The summed E-state index contributed by atoms with van der Waals surface area (Å²) in [5.74, 6) is 2.80. The normalized spacial score (nSPS) is 16.9. The number of methoxy groups -OCH3 is 2. The van der Waals surface area contributed by atoms with Gasteiger partial charge in [-0.25, -0.2) is 0 Å². The van der Waals surface area contributed by atoms with E-state index in [0.717, 1.165) is 36.8 Å². The summed E-state index contributed by atoms with van der Waals surface area (Å²) in [5, 5.41) is 16.8. The van der Waals surface area contributed by atoms with Crippen molar-refractivity contribution in [2.24, 2.45) is 0 Å². The zero-order chi connectivity index (χ0) is 16.2. The highest BCUT2D eigenvalue weighted by Gasteiger charge is 2.26. The number of aromatic nitrogens is 2. The van der Waals surface area contributed by atoms with Crippen molar-refractivity contribution in [3.8, 4) is 17.6 Å². The smallest absolute Gasteiger partial charge is 0.163 e. The van der Waals surface area contributed by atoms with Crippen LogP contribution in [-0.4, -0.2) is 37.5 Å². The Morgan fingerprint density at radius 1 is 1.13 bits per heavy atom. The standard InChI is InChI=1S/C17H18N4O2/c1-22-15-7-13(8-16(9-15)23-2)12-5-6-21(11-12)17-4-3-14(10-18)19-20-17/h3-4,7-9,12H,5-6,11H2,1-2H3. The Kier molecular flexibility index (Phi) is 4.29. The Balaban J connectivity index is 1.78. The fourth-order valence-electron chi connectivity index (χ4n) is 2.86. The first-order valence-corrected chi connectivity index (χ1v) is 7.45. The molecular formula is C17H18N4O2. The maximum absolute atomic E-state index is 8.79. The van der Waals surface area contributed by atoms with Gasteiger partial charge in [0.05, 0.1) is 14.2 Å². The molecular weight excluding hydrogens is 292 g/mol. The average Bonchev–Trinajstić information content (AvgIpc) is 3.11. The number of ether oxygens (including phenoxy) is 2. The van der Waals surface area contributed by atoms with E-state index < -0.39 is 0 Å². The van der Waals surface area contributed by atoms with E-state index in [1.807, 2.05) is 18.2 Å². The minimum Gasteiger partial charge on any atom is -0.497 e. The molecule has 6 heteroatoms. The van der Waals surface area contributed by atoms with Crippen LogP contribution in [-0.2, 0) is 0 Å². The van der Waals surface area contributed by atoms with Gasteiger partial charge in [0.15, 0.2) is 11.5 Å². The molecule has 2 heterocycles. The number of hydrogen-bond acceptors (Lipinski definition) is 6. The highest BCUT2D eigenvalue weighted by Crippen LogP contribution is 2.34. The van der Waals surface area contributed by atoms with E-state index in [1.165, 1.54) is 5.56 Å². The van der Waals surface area contributed by atoms with Crippen LogP contribution in [0.4, 0.5) is 5.82 Å². The van der Waals surface area contributed by atoms with Gasteiger partial charge in [-0.15, -0.1) is 10.2 Å². The second-order valence-corrected chi connectivity index (χ2v) is 5.47. The molecule has 0 radical (unpaired) electrons. The van der Waals surface area contributed by atoms with E-state index in [1.54, 1.807) is 20.3 Å². The second-order valence-electron chi connectivity index (χ2n) is 5.47. The number of nitriles is 1. The Labute approximate surface area is 135 Å². The fourth-order valence-corrected chi connectivity index (χ4v) is 2.86. The summed E-state index contributed by atoms with van der Waals surface area (Å²) in [5.41, 5.74) is 1.53. The van der Waals surface area contributed by atoms with Crippen molar-refractivity contribution in [3.63, 3.8) is 0 Å². The average molecular weight is 310 g/mol. The van der Waals surface area contributed by atoms with Crippen LogP contribution in [0.3, 0.4) is 0 Å². The molecule has 0 amide bonds. The maximum atomic E-state index is 8.79. The number of hydrogen-bond donors (Lipinski definition) is 0. The van der Waals surface area contributed by atoms with E-state index in [2.05, 4.69) is 27.2 Å². The quantitative estimate of drug-likeness (QED) is 0.863. The molecule has 1 aliphatic rings. The lowest BCUT2D eigenvalue weighted by Crippen LogP contribution is -2.20. The number of anilines is 1. The van der Waals surface area contributed by atoms with Crippen molar-refractivity contribution in [2.45, 2.75) is 12.3 Å². The molecule has 1 aliphatic heterocycles. The van der Waals surface area contributed by atoms with Crippen molar-refractivity contribution >= 4 is 5.82 Å². The Bertz CT molecular complexity index is 702. The monoisotopic (exact) mass is 310 g/mol. The van der Waals surface area contributed by atoms with E-state index in [-0.39, 0.29) is 0 Å². The van der Waals surface area contributed by atoms with Gasteiger partial charge in [0.2, 0.25) is 0 Å². The van der Waals surface area contributed by atoms with Gasteiger partial charge < -0.3 is 14.4 Å². The molecule has 1 aromatic heterocycles. The molecule has 1 fully saturated rings. The second kappa shape index (κ2) is 6.53.